The van der Waals surface area contributed by atoms with Gasteiger partial charge in [-0.1, -0.05) is 18.1 Å². The maximum absolute atomic E-state index is 13.5. The average Bonchev–Trinajstić information content (AvgIpc) is 2.38. The second kappa shape index (κ2) is 7.50. The van der Waals surface area contributed by atoms with Gasteiger partial charge in [0.15, 0.2) is 5.84 Å². The average molecular weight is 256 g/mol. The molecule has 3 N–H and O–H groups in total. The van der Waals surface area contributed by atoms with Crippen molar-refractivity contribution in [2.24, 2.45) is 10.9 Å². The molecule has 1 aromatic carbocycles. The van der Waals surface area contributed by atoms with Crippen LogP contribution in [-0.2, 0) is 4.74 Å². The summed E-state index contributed by atoms with van der Waals surface area (Å²) >= 11 is 0. The molecule has 0 saturated carbocycles. The number of nitrogens with two attached hydrogens (primary N) is 1. The normalized spacial score (nSPS) is 11.6. The standard InChI is InChI=1S/C12H17FN2O3/c1-2-6-17-7-8-18-10-5-3-4-9(13)11(10)12(14)15-16/h3-5,16H,2,6-8H2,1H3,(H2,14,15). The Balaban J connectivity index is 2.67. The molecule has 0 unspecified atom stereocenters. The number of hydrogen-bond donors (Lipinski definition) is 2. The fourth-order valence-corrected chi connectivity index (χ4v) is 1.38. The lowest BCUT2D eigenvalue weighted by atomic mass is 10.1. The number of hydrogen-bond acceptors (Lipinski definition) is 4. The quantitative estimate of drug-likeness (QED) is 0.256. The van der Waals surface area contributed by atoms with E-state index in [9.17, 15) is 4.39 Å². The van der Waals surface area contributed by atoms with E-state index in [1.165, 1.54) is 12.1 Å². The van der Waals surface area contributed by atoms with Gasteiger partial charge in [0, 0.05) is 6.61 Å². The Morgan fingerprint density at radius 1 is 1.39 bits per heavy atom. The van der Waals surface area contributed by atoms with Gasteiger partial charge >= 0.3 is 0 Å². The highest BCUT2D eigenvalue weighted by Crippen LogP contribution is 2.21. The van der Waals surface area contributed by atoms with Gasteiger partial charge in [0.2, 0.25) is 0 Å². The summed E-state index contributed by atoms with van der Waals surface area (Å²) in [6, 6.07) is 4.26. The summed E-state index contributed by atoms with van der Waals surface area (Å²) in [6.45, 7) is 3.33. The number of halogens is 1. The molecule has 0 bridgehead atoms. The molecule has 18 heavy (non-hydrogen) atoms. The molecule has 5 nitrogen and oxygen atoms in total. The molecule has 0 saturated heterocycles. The Morgan fingerprint density at radius 2 is 2.17 bits per heavy atom. The number of rotatable bonds is 7. The van der Waals surface area contributed by atoms with Crippen LogP contribution in [0.25, 0.3) is 0 Å². The molecule has 0 aliphatic heterocycles. The zero-order valence-electron chi connectivity index (χ0n) is 10.2. The lowest BCUT2D eigenvalue weighted by Gasteiger charge is -2.11. The monoisotopic (exact) mass is 256 g/mol. The van der Waals surface area contributed by atoms with E-state index in [0.29, 0.717) is 13.2 Å². The molecule has 0 aliphatic rings. The third kappa shape index (κ3) is 3.89. The summed E-state index contributed by atoms with van der Waals surface area (Å²) in [4.78, 5) is 0. The van der Waals surface area contributed by atoms with Gasteiger partial charge in [-0.3, -0.25) is 0 Å². The number of nitrogens with zero attached hydrogens (tertiary/aromatic N) is 1. The van der Waals surface area contributed by atoms with Gasteiger partial charge in [-0.25, -0.2) is 4.39 Å². The maximum Gasteiger partial charge on any atom is 0.176 e. The van der Waals surface area contributed by atoms with Crippen LogP contribution in [0.15, 0.2) is 23.4 Å². The second-order valence-electron chi connectivity index (χ2n) is 3.56. The minimum atomic E-state index is -0.600. The van der Waals surface area contributed by atoms with E-state index in [4.69, 9.17) is 20.4 Å². The summed E-state index contributed by atoms with van der Waals surface area (Å²) in [6.07, 6.45) is 0.926. The molecule has 100 valence electrons. The van der Waals surface area contributed by atoms with E-state index in [2.05, 4.69) is 5.16 Å². The summed E-state index contributed by atoms with van der Waals surface area (Å²) in [7, 11) is 0. The zero-order chi connectivity index (χ0) is 13.4. The van der Waals surface area contributed by atoms with Gasteiger partial charge in [-0.2, -0.15) is 0 Å². The second-order valence-corrected chi connectivity index (χ2v) is 3.56. The summed E-state index contributed by atoms with van der Waals surface area (Å²) < 4.78 is 24.1. The first-order valence-electron chi connectivity index (χ1n) is 5.67. The molecular weight excluding hydrogens is 239 g/mol. The molecule has 0 aromatic heterocycles. The minimum Gasteiger partial charge on any atom is -0.490 e. The fraction of sp³-hybridized carbons (Fsp3) is 0.417. The van der Waals surface area contributed by atoms with Gasteiger partial charge < -0.3 is 20.4 Å². The topological polar surface area (TPSA) is 77.1 Å². The van der Waals surface area contributed by atoms with Crippen LogP contribution < -0.4 is 10.5 Å². The van der Waals surface area contributed by atoms with Crippen LogP contribution in [0.3, 0.4) is 0 Å². The molecule has 0 spiro atoms. The van der Waals surface area contributed by atoms with Crippen LogP contribution in [0.1, 0.15) is 18.9 Å². The molecule has 6 heteroatoms. The molecular formula is C12H17FN2O3. The minimum absolute atomic E-state index is 0.0458. The lowest BCUT2D eigenvalue weighted by molar-refractivity contribution is 0.100. The smallest absolute Gasteiger partial charge is 0.176 e. The molecule has 0 amide bonds. The van der Waals surface area contributed by atoms with Gasteiger partial charge in [-0.05, 0) is 18.6 Å². The van der Waals surface area contributed by atoms with E-state index in [1.807, 2.05) is 6.92 Å². The molecule has 0 radical (unpaired) electrons. The maximum atomic E-state index is 13.5. The largest absolute Gasteiger partial charge is 0.490 e. The van der Waals surface area contributed by atoms with Crippen LogP contribution in [0.2, 0.25) is 0 Å². The molecule has 0 fully saturated rings. The summed E-state index contributed by atoms with van der Waals surface area (Å²) in [5.41, 5.74) is 5.35. The predicted molar refractivity (Wildman–Crippen MR) is 65.5 cm³/mol. The number of amidine groups is 1. The molecule has 0 heterocycles. The fourth-order valence-electron chi connectivity index (χ4n) is 1.38. The summed E-state index contributed by atoms with van der Waals surface area (Å²) in [5.74, 6) is -0.694. The Labute approximate surface area is 105 Å². The van der Waals surface area contributed by atoms with Crippen LogP contribution in [0.5, 0.6) is 5.75 Å². The van der Waals surface area contributed by atoms with Crippen LogP contribution in [-0.4, -0.2) is 30.9 Å². The number of benzene rings is 1. The van der Waals surface area contributed by atoms with E-state index in [0.717, 1.165) is 6.42 Å². The Bertz CT molecular complexity index is 410. The van der Waals surface area contributed by atoms with E-state index in [-0.39, 0.29) is 23.8 Å². The number of oxime groups is 1. The van der Waals surface area contributed by atoms with Gasteiger partial charge in [0.05, 0.1) is 12.2 Å². The first kappa shape index (κ1) is 14.2. The van der Waals surface area contributed by atoms with Crippen molar-refractivity contribution in [2.45, 2.75) is 13.3 Å². The van der Waals surface area contributed by atoms with Crippen molar-refractivity contribution < 1.29 is 19.1 Å². The zero-order valence-corrected chi connectivity index (χ0v) is 10.2. The highest BCUT2D eigenvalue weighted by molar-refractivity contribution is 5.99. The molecule has 0 aliphatic carbocycles. The third-order valence-corrected chi connectivity index (χ3v) is 2.17. The van der Waals surface area contributed by atoms with Crippen molar-refractivity contribution in [3.05, 3.63) is 29.6 Å². The predicted octanol–water partition coefficient (Wildman–Crippen LogP) is 1.73. The Kier molecular flexibility index (Phi) is 5.93. The van der Waals surface area contributed by atoms with Gasteiger partial charge in [-0.15, -0.1) is 0 Å². The van der Waals surface area contributed by atoms with Crippen molar-refractivity contribution in [3.63, 3.8) is 0 Å². The molecule has 1 aromatic rings. The van der Waals surface area contributed by atoms with Crippen molar-refractivity contribution >= 4 is 5.84 Å². The van der Waals surface area contributed by atoms with E-state index < -0.39 is 5.82 Å². The SMILES string of the molecule is CCCOCCOc1cccc(F)c1C(N)=NO. The lowest BCUT2D eigenvalue weighted by Crippen LogP contribution is -2.18. The van der Waals surface area contributed by atoms with Crippen molar-refractivity contribution in [1.82, 2.24) is 0 Å². The van der Waals surface area contributed by atoms with E-state index in [1.54, 1.807) is 6.07 Å². The van der Waals surface area contributed by atoms with Crippen LogP contribution in [0, 0.1) is 5.82 Å². The van der Waals surface area contributed by atoms with Crippen molar-refractivity contribution in [3.8, 4) is 5.75 Å². The molecule has 1 rings (SSSR count). The highest BCUT2D eigenvalue weighted by atomic mass is 19.1. The highest BCUT2D eigenvalue weighted by Gasteiger charge is 2.13. The third-order valence-electron chi connectivity index (χ3n) is 2.17. The van der Waals surface area contributed by atoms with Crippen LogP contribution in [0.4, 0.5) is 4.39 Å². The first-order chi connectivity index (χ1) is 8.70. The van der Waals surface area contributed by atoms with Crippen molar-refractivity contribution in [1.29, 1.82) is 0 Å². The van der Waals surface area contributed by atoms with Crippen LogP contribution >= 0.6 is 0 Å². The Hall–Kier alpha value is -1.82. The van der Waals surface area contributed by atoms with Gasteiger partial charge in [0.25, 0.3) is 0 Å². The summed E-state index contributed by atoms with van der Waals surface area (Å²) in [5, 5.41) is 11.4. The van der Waals surface area contributed by atoms with Crippen molar-refractivity contribution in [2.75, 3.05) is 19.8 Å². The van der Waals surface area contributed by atoms with Gasteiger partial charge in [0.1, 0.15) is 18.2 Å². The van der Waals surface area contributed by atoms with E-state index >= 15 is 0 Å². The first-order valence-corrected chi connectivity index (χ1v) is 5.67. The number of ether oxygens (including phenoxy) is 2. The molecule has 0 atom stereocenters. The Morgan fingerprint density at radius 3 is 2.83 bits per heavy atom.